The number of carbonyl (C=O) groups is 3. The van der Waals surface area contributed by atoms with Gasteiger partial charge in [0, 0.05) is 57.5 Å². The third-order valence-electron chi connectivity index (χ3n) is 4.52. The van der Waals surface area contributed by atoms with Gasteiger partial charge >= 0.3 is 0 Å². The number of piperazine rings is 1. The van der Waals surface area contributed by atoms with Crippen LogP contribution < -0.4 is 10.6 Å². The van der Waals surface area contributed by atoms with E-state index in [4.69, 9.17) is 0 Å². The molecular weight excluding hydrogens is 372 g/mol. The molecule has 0 radical (unpaired) electrons. The van der Waals surface area contributed by atoms with Crippen LogP contribution in [-0.2, 0) is 9.59 Å². The molecule has 2 aromatic rings. The zero-order chi connectivity index (χ0) is 21.0. The molecule has 1 aliphatic rings. The van der Waals surface area contributed by atoms with Gasteiger partial charge in [0.2, 0.25) is 11.8 Å². The summed E-state index contributed by atoms with van der Waals surface area (Å²) in [7, 11) is 0. The minimum absolute atomic E-state index is 0.0166. The molecule has 1 fully saturated rings. The van der Waals surface area contributed by atoms with E-state index in [0.717, 1.165) is 5.69 Å². The van der Waals surface area contributed by atoms with Crippen LogP contribution in [0.2, 0.25) is 0 Å². The van der Waals surface area contributed by atoms with E-state index in [2.05, 4.69) is 20.6 Å². The van der Waals surface area contributed by atoms with E-state index < -0.39 is 0 Å². The van der Waals surface area contributed by atoms with Crippen LogP contribution in [0.5, 0.6) is 0 Å². The molecule has 0 unspecified atom stereocenters. The molecule has 2 N–H and O–H groups in total. The molecule has 1 aromatic heterocycles. The number of aryl methyl sites for hydroxylation is 1. The topological polar surface area (TPSA) is 108 Å². The predicted octanol–water partition coefficient (Wildman–Crippen LogP) is 1.79. The summed E-state index contributed by atoms with van der Waals surface area (Å²) < 4.78 is 0. The molecule has 1 aromatic carbocycles. The molecule has 1 aliphatic heterocycles. The van der Waals surface area contributed by atoms with Crippen molar-refractivity contribution in [2.75, 3.05) is 36.8 Å². The molecule has 0 aliphatic carbocycles. The summed E-state index contributed by atoms with van der Waals surface area (Å²) in [5.74, 6) is 0.636. The van der Waals surface area contributed by atoms with Crippen molar-refractivity contribution in [3.8, 4) is 0 Å². The average molecular weight is 396 g/mol. The van der Waals surface area contributed by atoms with Crippen molar-refractivity contribution in [2.24, 2.45) is 0 Å². The van der Waals surface area contributed by atoms with Crippen LogP contribution in [0, 0.1) is 6.92 Å². The first-order valence-corrected chi connectivity index (χ1v) is 9.37. The van der Waals surface area contributed by atoms with Gasteiger partial charge < -0.3 is 20.4 Å². The molecule has 152 valence electrons. The van der Waals surface area contributed by atoms with Crippen molar-refractivity contribution < 1.29 is 14.4 Å². The summed E-state index contributed by atoms with van der Waals surface area (Å²) in [5.41, 5.74) is 1.69. The minimum Gasteiger partial charge on any atom is -0.340 e. The van der Waals surface area contributed by atoms with E-state index in [9.17, 15) is 14.4 Å². The summed E-state index contributed by atoms with van der Waals surface area (Å²) >= 11 is 0. The van der Waals surface area contributed by atoms with Crippen LogP contribution in [0.1, 0.15) is 30.2 Å². The Hall–Kier alpha value is -3.49. The number of benzene rings is 1. The summed E-state index contributed by atoms with van der Waals surface area (Å²) in [6, 6.07) is 8.82. The zero-order valence-electron chi connectivity index (χ0n) is 16.7. The second-order valence-corrected chi connectivity index (χ2v) is 6.87. The SMILES string of the molecule is CC(=O)Nc1cccc(Nc2cc(C(=O)N3CCN(C(C)=O)CC3)nc(C)n2)c1. The van der Waals surface area contributed by atoms with Crippen LogP contribution in [0.4, 0.5) is 17.2 Å². The van der Waals surface area contributed by atoms with Crippen molar-refractivity contribution in [1.82, 2.24) is 19.8 Å². The zero-order valence-corrected chi connectivity index (χ0v) is 16.7. The number of nitrogens with zero attached hydrogens (tertiary/aromatic N) is 4. The van der Waals surface area contributed by atoms with Gasteiger partial charge in [-0.25, -0.2) is 9.97 Å². The number of carbonyl (C=O) groups excluding carboxylic acids is 3. The fourth-order valence-electron chi connectivity index (χ4n) is 3.15. The summed E-state index contributed by atoms with van der Waals surface area (Å²) in [4.78, 5) is 47.6. The van der Waals surface area contributed by atoms with Gasteiger partial charge in [0.1, 0.15) is 17.3 Å². The van der Waals surface area contributed by atoms with Crippen molar-refractivity contribution in [1.29, 1.82) is 0 Å². The van der Waals surface area contributed by atoms with E-state index >= 15 is 0 Å². The van der Waals surface area contributed by atoms with E-state index in [1.807, 2.05) is 12.1 Å². The van der Waals surface area contributed by atoms with Crippen LogP contribution in [0.3, 0.4) is 0 Å². The smallest absolute Gasteiger partial charge is 0.272 e. The molecule has 3 amide bonds. The first kappa shape index (κ1) is 20.2. The van der Waals surface area contributed by atoms with Crippen LogP contribution in [0.25, 0.3) is 0 Å². The molecule has 0 bridgehead atoms. The van der Waals surface area contributed by atoms with Crippen molar-refractivity contribution in [2.45, 2.75) is 20.8 Å². The normalized spacial score (nSPS) is 13.8. The molecule has 2 heterocycles. The Morgan fingerprint density at radius 1 is 0.931 bits per heavy atom. The Morgan fingerprint density at radius 3 is 2.24 bits per heavy atom. The van der Waals surface area contributed by atoms with Gasteiger partial charge in [-0.1, -0.05) is 6.07 Å². The van der Waals surface area contributed by atoms with E-state index in [1.165, 1.54) is 13.8 Å². The Labute approximate surface area is 169 Å². The first-order valence-electron chi connectivity index (χ1n) is 9.37. The quantitative estimate of drug-likeness (QED) is 0.816. The van der Waals surface area contributed by atoms with Gasteiger partial charge in [0.25, 0.3) is 5.91 Å². The van der Waals surface area contributed by atoms with Gasteiger partial charge in [-0.15, -0.1) is 0 Å². The fourth-order valence-corrected chi connectivity index (χ4v) is 3.15. The lowest BCUT2D eigenvalue weighted by atomic mass is 10.2. The second-order valence-electron chi connectivity index (χ2n) is 6.87. The third-order valence-corrected chi connectivity index (χ3v) is 4.52. The summed E-state index contributed by atoms with van der Waals surface area (Å²) in [6.45, 7) is 6.69. The van der Waals surface area contributed by atoms with Gasteiger partial charge in [0.05, 0.1) is 0 Å². The number of hydrogen-bond donors (Lipinski definition) is 2. The number of rotatable bonds is 4. The molecule has 9 heteroatoms. The maximum atomic E-state index is 12.9. The average Bonchev–Trinajstić information content (AvgIpc) is 2.67. The van der Waals surface area contributed by atoms with E-state index in [-0.39, 0.29) is 17.7 Å². The fraction of sp³-hybridized carbons (Fsp3) is 0.350. The van der Waals surface area contributed by atoms with Gasteiger partial charge in [0.15, 0.2) is 0 Å². The highest BCUT2D eigenvalue weighted by atomic mass is 16.2. The first-order chi connectivity index (χ1) is 13.8. The Kier molecular flexibility index (Phi) is 6.06. The second kappa shape index (κ2) is 8.68. The number of aromatic nitrogens is 2. The van der Waals surface area contributed by atoms with E-state index in [1.54, 1.807) is 34.9 Å². The maximum absolute atomic E-state index is 12.9. The summed E-state index contributed by atoms with van der Waals surface area (Å²) in [6.07, 6.45) is 0. The lowest BCUT2D eigenvalue weighted by molar-refractivity contribution is -0.130. The van der Waals surface area contributed by atoms with Gasteiger partial charge in [-0.2, -0.15) is 0 Å². The summed E-state index contributed by atoms with van der Waals surface area (Å²) in [5, 5.41) is 5.88. The van der Waals surface area contributed by atoms with Crippen molar-refractivity contribution >= 4 is 34.9 Å². The van der Waals surface area contributed by atoms with Gasteiger partial charge in [-0.05, 0) is 25.1 Å². The molecule has 0 saturated carbocycles. The highest BCUT2D eigenvalue weighted by Crippen LogP contribution is 2.20. The van der Waals surface area contributed by atoms with Crippen LogP contribution in [-0.4, -0.2) is 63.7 Å². The monoisotopic (exact) mass is 396 g/mol. The lowest BCUT2D eigenvalue weighted by Gasteiger charge is -2.34. The maximum Gasteiger partial charge on any atom is 0.272 e. The highest BCUT2D eigenvalue weighted by molar-refractivity contribution is 5.93. The number of anilines is 3. The molecule has 0 spiro atoms. The minimum atomic E-state index is -0.186. The number of amides is 3. The molecular formula is C20H24N6O3. The lowest BCUT2D eigenvalue weighted by Crippen LogP contribution is -2.50. The largest absolute Gasteiger partial charge is 0.340 e. The molecule has 1 saturated heterocycles. The number of nitrogens with one attached hydrogen (secondary N) is 2. The van der Waals surface area contributed by atoms with Gasteiger partial charge in [-0.3, -0.25) is 14.4 Å². The molecule has 0 atom stereocenters. The predicted molar refractivity (Wildman–Crippen MR) is 109 cm³/mol. The van der Waals surface area contributed by atoms with Crippen molar-refractivity contribution in [3.05, 3.63) is 41.9 Å². The Balaban J connectivity index is 1.74. The molecule has 9 nitrogen and oxygen atoms in total. The van der Waals surface area contributed by atoms with Crippen LogP contribution in [0.15, 0.2) is 30.3 Å². The number of hydrogen-bond acceptors (Lipinski definition) is 6. The molecule has 29 heavy (non-hydrogen) atoms. The Morgan fingerprint density at radius 2 is 1.59 bits per heavy atom. The third kappa shape index (κ3) is 5.28. The Bertz CT molecular complexity index is 938. The standard InChI is InChI=1S/C20H24N6O3/c1-13-21-18(20(29)26-9-7-25(8-10-26)15(3)28)12-19(22-13)24-17-6-4-5-16(11-17)23-14(2)27/h4-6,11-12H,7-10H2,1-3H3,(H,23,27)(H,21,22,24). The molecule has 3 rings (SSSR count). The van der Waals surface area contributed by atoms with Crippen LogP contribution >= 0.6 is 0 Å². The van der Waals surface area contributed by atoms with Crippen molar-refractivity contribution in [3.63, 3.8) is 0 Å². The van der Waals surface area contributed by atoms with E-state index in [0.29, 0.717) is 49.2 Å². The highest BCUT2D eigenvalue weighted by Gasteiger charge is 2.24.